The number of esters is 1. The number of carbonyl (C=O) groups is 1. The fraction of sp³-hybridized carbons (Fsp3) is 0.900. The minimum absolute atomic E-state index is 0.0822. The van der Waals surface area contributed by atoms with Gasteiger partial charge in [0.05, 0.1) is 0 Å². The highest BCUT2D eigenvalue weighted by Gasteiger charge is 2.54. The summed E-state index contributed by atoms with van der Waals surface area (Å²) in [5, 5.41) is 0. The van der Waals surface area contributed by atoms with Gasteiger partial charge in [0.25, 0.3) is 0 Å². The van der Waals surface area contributed by atoms with E-state index in [1.807, 2.05) is 0 Å². The molecule has 1 unspecified atom stereocenters. The predicted molar refractivity (Wildman–Crippen MR) is 50.6 cm³/mol. The summed E-state index contributed by atoms with van der Waals surface area (Å²) in [5.74, 6) is 0.677. The van der Waals surface area contributed by atoms with Crippen LogP contribution < -0.4 is 0 Å². The first-order valence-corrected chi connectivity index (χ1v) is 5.29. The Morgan fingerprint density at radius 2 is 2.23 bits per heavy atom. The van der Waals surface area contributed by atoms with Gasteiger partial charge in [-0.05, 0) is 25.7 Å². The SMILES string of the molecule is C[C@@H]1CC[C@@H]2[C@@H](C1)OC(=O)C2(C)Cl. The molecule has 2 fully saturated rings. The summed E-state index contributed by atoms with van der Waals surface area (Å²) in [6, 6.07) is 0. The van der Waals surface area contributed by atoms with Crippen LogP contribution >= 0.6 is 11.6 Å². The number of alkyl halides is 1. The normalized spacial score (nSPS) is 50.1. The molecular weight excluding hydrogens is 188 g/mol. The molecule has 13 heavy (non-hydrogen) atoms. The van der Waals surface area contributed by atoms with Crippen molar-refractivity contribution in [3.63, 3.8) is 0 Å². The van der Waals surface area contributed by atoms with Crippen LogP contribution in [0.25, 0.3) is 0 Å². The number of hydrogen-bond donors (Lipinski definition) is 0. The predicted octanol–water partition coefficient (Wildman–Crippen LogP) is 2.35. The molecule has 1 saturated heterocycles. The van der Waals surface area contributed by atoms with Gasteiger partial charge in [0.1, 0.15) is 11.0 Å². The lowest BCUT2D eigenvalue weighted by atomic mass is 9.76. The van der Waals surface area contributed by atoms with Crippen molar-refractivity contribution in [3.05, 3.63) is 0 Å². The van der Waals surface area contributed by atoms with Crippen LogP contribution in [0.1, 0.15) is 33.1 Å². The van der Waals surface area contributed by atoms with Crippen molar-refractivity contribution in [2.75, 3.05) is 0 Å². The topological polar surface area (TPSA) is 26.3 Å². The zero-order valence-electron chi connectivity index (χ0n) is 8.05. The molecule has 3 heteroatoms. The number of carbonyl (C=O) groups excluding carboxylic acids is 1. The summed E-state index contributed by atoms with van der Waals surface area (Å²) < 4.78 is 5.28. The molecule has 0 radical (unpaired) electrons. The molecule has 0 N–H and O–H groups in total. The lowest BCUT2D eigenvalue weighted by Crippen LogP contribution is -2.36. The standard InChI is InChI=1S/C10H15ClO2/c1-6-3-4-7-8(5-6)13-9(12)10(7,2)11/h6-8H,3-5H2,1-2H3/t6-,7-,8-,10?/m1/s1. The van der Waals surface area contributed by atoms with Gasteiger partial charge >= 0.3 is 5.97 Å². The molecule has 2 nitrogen and oxygen atoms in total. The molecule has 0 spiro atoms. The van der Waals surface area contributed by atoms with Gasteiger partial charge in [-0.1, -0.05) is 13.3 Å². The van der Waals surface area contributed by atoms with Crippen LogP contribution in [0.2, 0.25) is 0 Å². The third-order valence-electron chi connectivity index (χ3n) is 3.41. The van der Waals surface area contributed by atoms with Gasteiger partial charge in [0.15, 0.2) is 0 Å². The fourth-order valence-electron chi connectivity index (χ4n) is 2.48. The molecule has 0 aromatic carbocycles. The van der Waals surface area contributed by atoms with Crippen LogP contribution in [-0.4, -0.2) is 16.9 Å². The van der Waals surface area contributed by atoms with E-state index in [4.69, 9.17) is 16.3 Å². The minimum Gasteiger partial charge on any atom is -0.461 e. The average molecular weight is 203 g/mol. The van der Waals surface area contributed by atoms with Gasteiger partial charge in [-0.3, -0.25) is 4.79 Å². The van der Waals surface area contributed by atoms with E-state index >= 15 is 0 Å². The second-order valence-electron chi connectivity index (χ2n) is 4.54. The molecule has 0 aromatic rings. The summed E-state index contributed by atoms with van der Waals surface area (Å²) in [6.07, 6.45) is 3.26. The zero-order chi connectivity index (χ0) is 9.64. The van der Waals surface area contributed by atoms with E-state index in [2.05, 4.69) is 6.92 Å². The average Bonchev–Trinajstić information content (AvgIpc) is 2.23. The first-order chi connectivity index (χ1) is 6.01. The highest BCUT2D eigenvalue weighted by atomic mass is 35.5. The van der Waals surface area contributed by atoms with Crippen LogP contribution in [0.3, 0.4) is 0 Å². The van der Waals surface area contributed by atoms with Crippen LogP contribution in [0.5, 0.6) is 0 Å². The maximum Gasteiger partial charge on any atom is 0.327 e. The van der Waals surface area contributed by atoms with E-state index < -0.39 is 4.87 Å². The summed E-state index contributed by atoms with van der Waals surface area (Å²) in [7, 11) is 0. The molecule has 0 amide bonds. The molecule has 2 aliphatic rings. The van der Waals surface area contributed by atoms with Gasteiger partial charge in [-0.25, -0.2) is 0 Å². The maximum atomic E-state index is 11.4. The largest absolute Gasteiger partial charge is 0.461 e. The number of fused-ring (bicyclic) bond motifs is 1. The van der Waals surface area contributed by atoms with Crippen LogP contribution in [0.15, 0.2) is 0 Å². The number of ether oxygens (including phenoxy) is 1. The van der Waals surface area contributed by atoms with Gasteiger partial charge in [0.2, 0.25) is 0 Å². The van der Waals surface area contributed by atoms with Gasteiger partial charge < -0.3 is 4.74 Å². The maximum absolute atomic E-state index is 11.4. The zero-order valence-corrected chi connectivity index (χ0v) is 8.80. The molecule has 4 atom stereocenters. The fourth-order valence-corrected chi connectivity index (χ4v) is 2.78. The number of halogens is 1. The van der Waals surface area contributed by atoms with Crippen molar-refractivity contribution >= 4 is 17.6 Å². The van der Waals surface area contributed by atoms with E-state index in [9.17, 15) is 4.79 Å². The molecule has 1 heterocycles. The third kappa shape index (κ3) is 1.35. The first-order valence-electron chi connectivity index (χ1n) is 4.92. The molecule has 1 saturated carbocycles. The van der Waals surface area contributed by atoms with Crippen LogP contribution in [-0.2, 0) is 9.53 Å². The number of rotatable bonds is 0. The van der Waals surface area contributed by atoms with E-state index in [0.717, 1.165) is 12.8 Å². The summed E-state index contributed by atoms with van der Waals surface area (Å²) >= 11 is 6.16. The molecule has 1 aliphatic carbocycles. The van der Waals surface area contributed by atoms with E-state index in [0.29, 0.717) is 5.92 Å². The Morgan fingerprint density at radius 1 is 1.54 bits per heavy atom. The summed E-state index contributed by atoms with van der Waals surface area (Å²) in [5.41, 5.74) is 0. The van der Waals surface area contributed by atoms with Crippen molar-refractivity contribution in [3.8, 4) is 0 Å². The van der Waals surface area contributed by atoms with Crippen LogP contribution in [0.4, 0.5) is 0 Å². The monoisotopic (exact) mass is 202 g/mol. The second kappa shape index (κ2) is 2.88. The van der Waals surface area contributed by atoms with Gasteiger partial charge in [-0.2, -0.15) is 0 Å². The summed E-state index contributed by atoms with van der Waals surface area (Å²) in [4.78, 5) is 10.7. The molecule has 2 rings (SSSR count). The van der Waals surface area contributed by atoms with Crippen LogP contribution in [0, 0.1) is 11.8 Å². The van der Waals surface area contributed by atoms with E-state index in [1.165, 1.54) is 6.42 Å². The number of hydrogen-bond acceptors (Lipinski definition) is 2. The van der Waals surface area contributed by atoms with Crippen molar-refractivity contribution in [1.29, 1.82) is 0 Å². The highest BCUT2D eigenvalue weighted by Crippen LogP contribution is 2.46. The molecule has 74 valence electrons. The Hall–Kier alpha value is -0.240. The quantitative estimate of drug-likeness (QED) is 0.445. The van der Waals surface area contributed by atoms with Crippen molar-refractivity contribution in [2.24, 2.45) is 11.8 Å². The Kier molecular flexibility index (Phi) is 2.06. The molecule has 0 bridgehead atoms. The van der Waals surface area contributed by atoms with E-state index in [1.54, 1.807) is 6.92 Å². The second-order valence-corrected chi connectivity index (χ2v) is 5.33. The molecule has 0 aromatic heterocycles. The van der Waals surface area contributed by atoms with Gasteiger partial charge in [0, 0.05) is 5.92 Å². The first kappa shape index (κ1) is 9.32. The highest BCUT2D eigenvalue weighted by molar-refractivity contribution is 6.34. The Bertz CT molecular complexity index is 237. The van der Waals surface area contributed by atoms with Crippen molar-refractivity contribution in [1.82, 2.24) is 0 Å². The summed E-state index contributed by atoms with van der Waals surface area (Å²) in [6.45, 7) is 3.99. The van der Waals surface area contributed by atoms with E-state index in [-0.39, 0.29) is 18.0 Å². The Morgan fingerprint density at radius 3 is 2.92 bits per heavy atom. The minimum atomic E-state index is -0.759. The Labute approximate surface area is 83.6 Å². The molecular formula is C10H15ClO2. The van der Waals surface area contributed by atoms with Crippen molar-refractivity contribution in [2.45, 2.75) is 44.1 Å². The Balaban J connectivity index is 2.18. The van der Waals surface area contributed by atoms with Crippen molar-refractivity contribution < 1.29 is 9.53 Å². The third-order valence-corrected chi connectivity index (χ3v) is 3.84. The smallest absolute Gasteiger partial charge is 0.327 e. The van der Waals surface area contributed by atoms with Gasteiger partial charge in [-0.15, -0.1) is 11.6 Å². The lowest BCUT2D eigenvalue weighted by molar-refractivity contribution is -0.143. The molecule has 1 aliphatic heterocycles. The lowest BCUT2D eigenvalue weighted by Gasteiger charge is -2.31.